The molecule has 40 heavy (non-hydrogen) atoms. The van der Waals surface area contributed by atoms with Crippen molar-refractivity contribution >= 4 is 46.9 Å². The number of carboxylic acids is 1. The number of nitrogens with one attached hydrogen (secondary N) is 2. The summed E-state index contributed by atoms with van der Waals surface area (Å²) in [4.78, 5) is 53.1. The van der Waals surface area contributed by atoms with Crippen LogP contribution in [0.15, 0.2) is 48.5 Å². The van der Waals surface area contributed by atoms with Crippen LogP contribution in [0.5, 0.6) is 0 Å². The SMILES string of the molecule is O=C(CC[C@H](NC(=O)c1cc(Cl)cc(Cl)c1)C(=O)N1CCC2(CCCC2)CC1)NC(Cc1ccccc1)C(=O)O. The van der Waals surface area contributed by atoms with Crippen LogP contribution in [0.3, 0.4) is 0 Å². The Morgan fingerprint density at radius 1 is 0.875 bits per heavy atom. The lowest BCUT2D eigenvalue weighted by Gasteiger charge is -2.40. The lowest BCUT2D eigenvalue weighted by molar-refractivity contribution is -0.142. The third kappa shape index (κ3) is 7.98. The van der Waals surface area contributed by atoms with Crippen LogP contribution in [0.25, 0.3) is 0 Å². The molecule has 2 aliphatic rings. The number of likely N-dealkylation sites (tertiary alicyclic amines) is 1. The highest BCUT2D eigenvalue weighted by molar-refractivity contribution is 6.35. The maximum Gasteiger partial charge on any atom is 0.326 e. The molecule has 3 N–H and O–H groups in total. The van der Waals surface area contributed by atoms with Crippen LogP contribution in [0.4, 0.5) is 0 Å². The van der Waals surface area contributed by atoms with Gasteiger partial charge in [-0.3, -0.25) is 14.4 Å². The molecule has 2 atom stereocenters. The van der Waals surface area contributed by atoms with E-state index in [1.807, 2.05) is 6.07 Å². The van der Waals surface area contributed by atoms with Gasteiger partial charge in [0, 0.05) is 41.5 Å². The molecule has 1 heterocycles. The standard InChI is InChI=1S/C30H35Cl2N3O5/c31-22-17-21(18-23(32)19-22)27(37)34-24(28(38)35-14-12-30(13-15-35)10-4-5-11-30)8-9-26(36)33-25(29(39)40)16-20-6-2-1-3-7-20/h1-3,6-7,17-19,24-25H,4-5,8-16H2,(H,33,36)(H,34,37)(H,39,40)/t24-,25?/m0/s1. The Kier molecular flexibility index (Phi) is 10.1. The molecule has 1 aliphatic heterocycles. The Balaban J connectivity index is 1.42. The zero-order chi connectivity index (χ0) is 28.7. The quantitative estimate of drug-likeness (QED) is 0.367. The van der Waals surface area contributed by atoms with Crippen molar-refractivity contribution in [3.8, 4) is 0 Å². The Bertz CT molecular complexity index is 1200. The summed E-state index contributed by atoms with van der Waals surface area (Å²) in [6, 6.07) is 11.4. The van der Waals surface area contributed by atoms with Crippen LogP contribution < -0.4 is 10.6 Å². The first kappa shape index (κ1) is 29.9. The molecule has 1 aliphatic carbocycles. The normalized spacial score (nSPS) is 17.7. The van der Waals surface area contributed by atoms with Crippen molar-refractivity contribution in [2.24, 2.45) is 5.41 Å². The van der Waals surface area contributed by atoms with Crippen LogP contribution >= 0.6 is 23.2 Å². The number of nitrogens with zero attached hydrogens (tertiary/aromatic N) is 1. The second kappa shape index (κ2) is 13.5. The lowest BCUT2D eigenvalue weighted by Crippen LogP contribution is -2.52. The third-order valence-corrected chi connectivity index (χ3v) is 8.54. The summed E-state index contributed by atoms with van der Waals surface area (Å²) in [7, 11) is 0. The molecule has 1 saturated heterocycles. The number of carbonyl (C=O) groups excluding carboxylic acids is 3. The average Bonchev–Trinajstić information content (AvgIpc) is 3.38. The number of hydrogen-bond donors (Lipinski definition) is 3. The summed E-state index contributed by atoms with van der Waals surface area (Å²) in [6.45, 7) is 1.22. The summed E-state index contributed by atoms with van der Waals surface area (Å²) >= 11 is 12.1. The van der Waals surface area contributed by atoms with Gasteiger partial charge in [0.25, 0.3) is 5.91 Å². The number of piperidine rings is 1. The summed E-state index contributed by atoms with van der Waals surface area (Å²) < 4.78 is 0. The van der Waals surface area contributed by atoms with Gasteiger partial charge in [0.2, 0.25) is 11.8 Å². The van der Waals surface area contributed by atoms with Crippen molar-refractivity contribution < 1.29 is 24.3 Å². The number of hydrogen-bond acceptors (Lipinski definition) is 4. The molecule has 2 aromatic rings. The van der Waals surface area contributed by atoms with Crippen molar-refractivity contribution in [2.45, 2.75) is 69.9 Å². The van der Waals surface area contributed by atoms with Gasteiger partial charge in [-0.1, -0.05) is 66.4 Å². The van der Waals surface area contributed by atoms with Crippen LogP contribution in [-0.4, -0.2) is 58.9 Å². The predicted octanol–water partition coefficient (Wildman–Crippen LogP) is 4.87. The van der Waals surface area contributed by atoms with Crippen LogP contribution in [0, 0.1) is 5.41 Å². The number of benzene rings is 2. The monoisotopic (exact) mass is 587 g/mol. The Morgan fingerprint density at radius 3 is 2.10 bits per heavy atom. The summed E-state index contributed by atoms with van der Waals surface area (Å²) in [6.07, 6.45) is 6.72. The number of aliphatic carboxylic acids is 1. The zero-order valence-corrected chi connectivity index (χ0v) is 23.8. The topological polar surface area (TPSA) is 116 Å². The van der Waals surface area contributed by atoms with Crippen molar-refractivity contribution in [3.63, 3.8) is 0 Å². The number of amides is 3. The van der Waals surface area contributed by atoms with Crippen LogP contribution in [0.2, 0.25) is 10.0 Å². The second-order valence-corrected chi connectivity index (χ2v) is 11.8. The highest BCUT2D eigenvalue weighted by Gasteiger charge is 2.39. The fraction of sp³-hybridized carbons (Fsp3) is 0.467. The minimum absolute atomic E-state index is 0.0179. The van der Waals surface area contributed by atoms with E-state index in [1.54, 1.807) is 29.2 Å². The number of halogens is 2. The van der Waals surface area contributed by atoms with Crippen LogP contribution in [-0.2, 0) is 20.8 Å². The molecule has 1 unspecified atom stereocenters. The van der Waals surface area contributed by atoms with Crippen molar-refractivity contribution in [1.29, 1.82) is 0 Å². The predicted molar refractivity (Wildman–Crippen MR) is 153 cm³/mol. The molecule has 3 amide bonds. The third-order valence-electron chi connectivity index (χ3n) is 8.10. The van der Waals surface area contributed by atoms with E-state index < -0.39 is 29.9 Å². The summed E-state index contributed by atoms with van der Waals surface area (Å²) in [5.74, 6) is -2.43. The number of rotatable bonds is 10. The molecule has 0 aromatic heterocycles. The molecule has 10 heteroatoms. The molecule has 8 nitrogen and oxygen atoms in total. The van der Waals surface area contributed by atoms with Crippen molar-refractivity contribution in [2.75, 3.05) is 13.1 Å². The van der Waals surface area contributed by atoms with Gasteiger partial charge in [0.1, 0.15) is 12.1 Å². The van der Waals surface area contributed by atoms with E-state index >= 15 is 0 Å². The molecule has 2 aromatic carbocycles. The van der Waals surface area contributed by atoms with E-state index in [1.165, 1.54) is 43.9 Å². The largest absolute Gasteiger partial charge is 0.480 e. The first-order chi connectivity index (χ1) is 19.1. The highest BCUT2D eigenvalue weighted by Crippen LogP contribution is 2.46. The molecule has 4 rings (SSSR count). The van der Waals surface area contributed by atoms with Crippen molar-refractivity contribution in [3.05, 3.63) is 69.7 Å². The minimum Gasteiger partial charge on any atom is -0.480 e. The lowest BCUT2D eigenvalue weighted by atomic mass is 9.77. The van der Waals surface area contributed by atoms with E-state index in [4.69, 9.17) is 23.2 Å². The fourth-order valence-electron chi connectivity index (χ4n) is 5.82. The first-order valence-electron chi connectivity index (χ1n) is 13.8. The van der Waals surface area contributed by atoms with E-state index in [2.05, 4.69) is 10.6 Å². The smallest absolute Gasteiger partial charge is 0.326 e. The second-order valence-electron chi connectivity index (χ2n) is 10.9. The average molecular weight is 589 g/mol. The van der Waals surface area contributed by atoms with Gasteiger partial charge in [-0.2, -0.15) is 0 Å². The van der Waals surface area contributed by atoms with Gasteiger partial charge in [-0.15, -0.1) is 0 Å². The van der Waals surface area contributed by atoms with Gasteiger partial charge in [0.15, 0.2) is 0 Å². The Labute approximate surface area is 244 Å². The van der Waals surface area contributed by atoms with Gasteiger partial charge >= 0.3 is 5.97 Å². The molecule has 214 valence electrons. The van der Waals surface area contributed by atoms with E-state index in [0.29, 0.717) is 18.5 Å². The van der Waals surface area contributed by atoms with E-state index in [-0.39, 0.29) is 40.8 Å². The zero-order valence-electron chi connectivity index (χ0n) is 22.3. The first-order valence-corrected chi connectivity index (χ1v) is 14.5. The summed E-state index contributed by atoms with van der Waals surface area (Å²) in [5.41, 5.74) is 1.30. The maximum absolute atomic E-state index is 13.6. The fourth-order valence-corrected chi connectivity index (χ4v) is 6.35. The van der Waals surface area contributed by atoms with Crippen molar-refractivity contribution in [1.82, 2.24) is 15.5 Å². The molecule has 2 fully saturated rings. The molecule has 1 saturated carbocycles. The molecule has 1 spiro atoms. The Morgan fingerprint density at radius 2 is 1.50 bits per heavy atom. The van der Waals surface area contributed by atoms with E-state index in [0.717, 1.165) is 18.4 Å². The number of carboxylic acid groups (broad SMARTS) is 1. The number of carbonyl (C=O) groups is 4. The molecular formula is C30H35Cl2N3O5. The van der Waals surface area contributed by atoms with Gasteiger partial charge in [-0.25, -0.2) is 4.79 Å². The van der Waals surface area contributed by atoms with E-state index in [9.17, 15) is 24.3 Å². The van der Waals surface area contributed by atoms with Gasteiger partial charge in [0.05, 0.1) is 0 Å². The Hall–Kier alpha value is -3.10. The molecular weight excluding hydrogens is 553 g/mol. The molecule has 0 bridgehead atoms. The highest BCUT2D eigenvalue weighted by atomic mass is 35.5. The van der Waals surface area contributed by atoms with Gasteiger partial charge < -0.3 is 20.6 Å². The molecule has 0 radical (unpaired) electrons. The van der Waals surface area contributed by atoms with Crippen LogP contribution in [0.1, 0.15) is 67.3 Å². The van der Waals surface area contributed by atoms with Gasteiger partial charge in [-0.05, 0) is 61.3 Å². The minimum atomic E-state index is -1.15. The summed E-state index contributed by atoms with van der Waals surface area (Å²) in [5, 5.41) is 15.6. The maximum atomic E-state index is 13.6.